The third-order valence-electron chi connectivity index (χ3n) is 2.51. The molecule has 1 aromatic carbocycles. The summed E-state index contributed by atoms with van der Waals surface area (Å²) in [5.74, 6) is 0.399. The van der Waals surface area contributed by atoms with Crippen LogP contribution >= 0.6 is 0 Å². The fourth-order valence-electron chi connectivity index (χ4n) is 1.58. The SMILES string of the molecule is O=C(O)CCNC(=O)NCc1ccc2c(c1)OCO2. The second-order valence-electron chi connectivity index (χ2n) is 3.94. The molecule has 3 N–H and O–H groups in total. The van der Waals surface area contributed by atoms with Crippen LogP contribution in [-0.2, 0) is 11.3 Å². The van der Waals surface area contributed by atoms with E-state index in [1.54, 1.807) is 12.1 Å². The lowest BCUT2D eigenvalue weighted by atomic mass is 10.2. The fourth-order valence-corrected chi connectivity index (χ4v) is 1.58. The fraction of sp³-hybridized carbons (Fsp3) is 0.333. The number of carboxylic acids is 1. The van der Waals surface area contributed by atoms with Gasteiger partial charge in [-0.15, -0.1) is 0 Å². The van der Waals surface area contributed by atoms with Crippen molar-refractivity contribution in [1.82, 2.24) is 10.6 Å². The van der Waals surface area contributed by atoms with Crippen molar-refractivity contribution in [3.8, 4) is 11.5 Å². The van der Waals surface area contributed by atoms with Gasteiger partial charge in [-0.25, -0.2) is 4.79 Å². The minimum absolute atomic E-state index is 0.0995. The maximum Gasteiger partial charge on any atom is 0.315 e. The summed E-state index contributed by atoms with van der Waals surface area (Å²) in [6.07, 6.45) is -0.0998. The summed E-state index contributed by atoms with van der Waals surface area (Å²) >= 11 is 0. The van der Waals surface area contributed by atoms with Gasteiger partial charge in [-0.1, -0.05) is 6.07 Å². The first kappa shape index (κ1) is 13.0. The van der Waals surface area contributed by atoms with Crippen molar-refractivity contribution in [3.05, 3.63) is 23.8 Å². The third-order valence-corrected chi connectivity index (χ3v) is 2.51. The molecule has 7 nitrogen and oxygen atoms in total. The molecule has 0 unspecified atom stereocenters. The minimum Gasteiger partial charge on any atom is -0.481 e. The summed E-state index contributed by atoms with van der Waals surface area (Å²) in [4.78, 5) is 21.6. The Morgan fingerprint density at radius 2 is 2.00 bits per heavy atom. The highest BCUT2D eigenvalue weighted by Gasteiger charge is 2.13. The maximum atomic E-state index is 11.4. The summed E-state index contributed by atoms with van der Waals surface area (Å²) in [6, 6.07) is 4.99. The molecule has 0 fully saturated rings. The summed E-state index contributed by atoms with van der Waals surface area (Å²) in [7, 11) is 0. The lowest BCUT2D eigenvalue weighted by molar-refractivity contribution is -0.136. The van der Waals surface area contributed by atoms with Gasteiger partial charge in [-0.05, 0) is 17.7 Å². The van der Waals surface area contributed by atoms with E-state index in [1.807, 2.05) is 6.07 Å². The number of hydrogen-bond donors (Lipinski definition) is 3. The maximum absolute atomic E-state index is 11.4. The van der Waals surface area contributed by atoms with Gasteiger partial charge in [0.15, 0.2) is 11.5 Å². The molecular formula is C12H14N2O5. The van der Waals surface area contributed by atoms with Crippen LogP contribution in [0.4, 0.5) is 4.79 Å². The van der Waals surface area contributed by atoms with E-state index in [-0.39, 0.29) is 19.8 Å². The van der Waals surface area contributed by atoms with E-state index < -0.39 is 12.0 Å². The molecule has 0 spiro atoms. The van der Waals surface area contributed by atoms with E-state index in [9.17, 15) is 9.59 Å². The largest absolute Gasteiger partial charge is 0.481 e. The van der Waals surface area contributed by atoms with Gasteiger partial charge in [0.2, 0.25) is 6.79 Å². The highest BCUT2D eigenvalue weighted by molar-refractivity contribution is 5.75. The van der Waals surface area contributed by atoms with Crippen molar-refractivity contribution in [1.29, 1.82) is 0 Å². The van der Waals surface area contributed by atoms with Crippen LogP contribution in [0.5, 0.6) is 11.5 Å². The molecule has 0 saturated carbocycles. The van der Waals surface area contributed by atoms with Gasteiger partial charge < -0.3 is 25.2 Å². The molecule has 1 aliphatic rings. The molecule has 2 rings (SSSR count). The van der Waals surface area contributed by atoms with Crippen molar-refractivity contribution in [2.45, 2.75) is 13.0 Å². The number of hydrogen-bond acceptors (Lipinski definition) is 4. The van der Waals surface area contributed by atoms with Crippen LogP contribution in [-0.4, -0.2) is 30.4 Å². The van der Waals surface area contributed by atoms with Crippen LogP contribution in [0.2, 0.25) is 0 Å². The molecule has 1 heterocycles. The smallest absolute Gasteiger partial charge is 0.315 e. The van der Waals surface area contributed by atoms with Gasteiger partial charge in [0.1, 0.15) is 0 Å². The molecule has 1 aromatic rings. The zero-order valence-corrected chi connectivity index (χ0v) is 10.1. The van der Waals surface area contributed by atoms with Gasteiger partial charge in [-0.2, -0.15) is 0 Å². The lowest BCUT2D eigenvalue weighted by Gasteiger charge is -2.07. The van der Waals surface area contributed by atoms with E-state index in [0.717, 1.165) is 5.56 Å². The van der Waals surface area contributed by atoms with Crippen LogP contribution < -0.4 is 20.1 Å². The predicted octanol–water partition coefficient (Wildman–Crippen LogP) is 0.689. The van der Waals surface area contributed by atoms with E-state index in [2.05, 4.69) is 10.6 Å². The number of carboxylic acid groups (broad SMARTS) is 1. The molecule has 2 amide bonds. The first-order valence-electron chi connectivity index (χ1n) is 5.77. The average molecular weight is 266 g/mol. The molecule has 0 saturated heterocycles. The zero-order valence-electron chi connectivity index (χ0n) is 10.1. The summed E-state index contributed by atoms with van der Waals surface area (Å²) in [6.45, 7) is 0.639. The highest BCUT2D eigenvalue weighted by Crippen LogP contribution is 2.32. The molecule has 1 aliphatic heterocycles. The number of carbonyl (C=O) groups is 2. The van der Waals surface area contributed by atoms with Crippen molar-refractivity contribution in [2.75, 3.05) is 13.3 Å². The van der Waals surface area contributed by atoms with Gasteiger partial charge in [-0.3, -0.25) is 4.79 Å². The van der Waals surface area contributed by atoms with Gasteiger partial charge >= 0.3 is 12.0 Å². The summed E-state index contributed by atoms with van der Waals surface area (Å²) < 4.78 is 10.4. The second-order valence-corrected chi connectivity index (χ2v) is 3.94. The van der Waals surface area contributed by atoms with Crippen LogP contribution in [0.1, 0.15) is 12.0 Å². The molecule has 7 heteroatoms. The van der Waals surface area contributed by atoms with Crippen LogP contribution in [0, 0.1) is 0 Å². The highest BCUT2D eigenvalue weighted by atomic mass is 16.7. The first-order chi connectivity index (χ1) is 9.15. The van der Waals surface area contributed by atoms with Crippen molar-refractivity contribution < 1.29 is 24.2 Å². The van der Waals surface area contributed by atoms with Gasteiger partial charge in [0.25, 0.3) is 0 Å². The number of aliphatic carboxylic acids is 1. The number of amides is 2. The van der Waals surface area contributed by atoms with E-state index in [1.165, 1.54) is 0 Å². The quantitative estimate of drug-likeness (QED) is 0.728. The van der Waals surface area contributed by atoms with Crippen molar-refractivity contribution >= 4 is 12.0 Å². The monoisotopic (exact) mass is 266 g/mol. The normalized spacial score (nSPS) is 12.0. The molecule has 19 heavy (non-hydrogen) atoms. The Labute approximate surface area is 109 Å². The Hall–Kier alpha value is -2.44. The molecule has 0 bridgehead atoms. The van der Waals surface area contributed by atoms with E-state index in [0.29, 0.717) is 18.0 Å². The van der Waals surface area contributed by atoms with E-state index in [4.69, 9.17) is 14.6 Å². The standard InChI is InChI=1S/C12H14N2O5/c15-11(16)3-4-13-12(17)14-6-8-1-2-9-10(5-8)19-7-18-9/h1-2,5H,3-4,6-7H2,(H,15,16)(H2,13,14,17). The van der Waals surface area contributed by atoms with Gasteiger partial charge in [0.05, 0.1) is 6.42 Å². The number of carbonyl (C=O) groups excluding carboxylic acids is 1. The minimum atomic E-state index is -0.948. The predicted molar refractivity (Wildman–Crippen MR) is 65.1 cm³/mol. The Kier molecular flexibility index (Phi) is 4.07. The first-order valence-corrected chi connectivity index (χ1v) is 5.77. The number of fused-ring (bicyclic) bond motifs is 1. The molecule has 0 atom stereocenters. The number of rotatable bonds is 5. The Balaban J connectivity index is 1.76. The van der Waals surface area contributed by atoms with Crippen LogP contribution in [0.3, 0.4) is 0 Å². The number of benzene rings is 1. The zero-order chi connectivity index (χ0) is 13.7. The molecule has 102 valence electrons. The Morgan fingerprint density at radius 1 is 1.21 bits per heavy atom. The molecule has 0 aliphatic carbocycles. The Morgan fingerprint density at radius 3 is 2.79 bits per heavy atom. The number of ether oxygens (including phenoxy) is 2. The van der Waals surface area contributed by atoms with Crippen molar-refractivity contribution in [3.63, 3.8) is 0 Å². The van der Waals surface area contributed by atoms with Gasteiger partial charge in [0, 0.05) is 13.1 Å². The van der Waals surface area contributed by atoms with Crippen LogP contribution in [0.25, 0.3) is 0 Å². The third kappa shape index (κ3) is 3.77. The molecule has 0 radical (unpaired) electrons. The topological polar surface area (TPSA) is 96.9 Å². The van der Waals surface area contributed by atoms with E-state index >= 15 is 0 Å². The molecular weight excluding hydrogens is 252 g/mol. The molecule has 0 aromatic heterocycles. The number of nitrogens with one attached hydrogen (secondary N) is 2. The summed E-state index contributed by atoms with van der Waals surface area (Å²) in [5.41, 5.74) is 0.873. The lowest BCUT2D eigenvalue weighted by Crippen LogP contribution is -2.36. The Bertz CT molecular complexity index is 489. The number of urea groups is 1. The summed E-state index contributed by atoms with van der Waals surface area (Å²) in [5, 5.41) is 13.5. The van der Waals surface area contributed by atoms with Crippen LogP contribution in [0.15, 0.2) is 18.2 Å². The van der Waals surface area contributed by atoms with Crippen molar-refractivity contribution in [2.24, 2.45) is 0 Å². The second kappa shape index (κ2) is 5.94. The average Bonchev–Trinajstić information content (AvgIpc) is 2.83.